The number of nitrogens with one attached hydrogen (secondary N) is 1. The van der Waals surface area contributed by atoms with E-state index in [1.165, 1.54) is 16.7 Å². The third-order valence-electron chi connectivity index (χ3n) is 3.28. The second kappa shape index (κ2) is 7.10. The number of nitrogens with zero attached hydrogens (tertiary/aromatic N) is 3. The van der Waals surface area contributed by atoms with Crippen LogP contribution in [0.3, 0.4) is 0 Å². The van der Waals surface area contributed by atoms with Crippen molar-refractivity contribution >= 4 is 45.5 Å². The van der Waals surface area contributed by atoms with E-state index < -0.39 is 5.97 Å². The van der Waals surface area contributed by atoms with Crippen LogP contribution < -0.4 is 5.32 Å². The molecule has 2 aromatic rings. The standard InChI is InChI=1S/C15H18N4O3S2/c1-8-6-16-19(7-8)15(23)17-12-10(14(21)22-5)9(2)11(24-12)13(20)18(3)4/h6-7H,1-5H3,(H,17,23). The van der Waals surface area contributed by atoms with E-state index in [-0.39, 0.29) is 5.91 Å². The molecule has 0 aliphatic heterocycles. The highest BCUT2D eigenvalue weighted by molar-refractivity contribution is 7.80. The van der Waals surface area contributed by atoms with E-state index in [4.69, 9.17) is 17.0 Å². The van der Waals surface area contributed by atoms with Crippen LogP contribution in [0, 0.1) is 13.8 Å². The monoisotopic (exact) mass is 366 g/mol. The third-order valence-corrected chi connectivity index (χ3v) is 4.76. The normalized spacial score (nSPS) is 10.4. The van der Waals surface area contributed by atoms with Gasteiger partial charge in [0.15, 0.2) is 5.11 Å². The van der Waals surface area contributed by atoms with Crippen LogP contribution in [0.25, 0.3) is 0 Å². The first kappa shape index (κ1) is 18.1. The van der Waals surface area contributed by atoms with Gasteiger partial charge >= 0.3 is 5.97 Å². The molecule has 0 saturated carbocycles. The largest absolute Gasteiger partial charge is 0.465 e. The van der Waals surface area contributed by atoms with E-state index in [9.17, 15) is 9.59 Å². The fourth-order valence-electron chi connectivity index (χ4n) is 2.03. The Balaban J connectivity index is 2.44. The van der Waals surface area contributed by atoms with Crippen molar-refractivity contribution in [1.82, 2.24) is 14.7 Å². The molecule has 0 aliphatic rings. The molecular weight excluding hydrogens is 348 g/mol. The summed E-state index contributed by atoms with van der Waals surface area (Å²) in [4.78, 5) is 26.4. The maximum absolute atomic E-state index is 12.3. The molecule has 0 fully saturated rings. The van der Waals surface area contributed by atoms with Gasteiger partial charge in [-0.25, -0.2) is 9.48 Å². The van der Waals surface area contributed by atoms with Gasteiger partial charge in [-0.2, -0.15) is 5.10 Å². The van der Waals surface area contributed by atoms with Gasteiger partial charge in [-0.15, -0.1) is 11.3 Å². The first-order chi connectivity index (χ1) is 11.3. The van der Waals surface area contributed by atoms with Crippen molar-refractivity contribution in [2.45, 2.75) is 13.8 Å². The molecule has 0 bridgehead atoms. The topological polar surface area (TPSA) is 76.5 Å². The van der Waals surface area contributed by atoms with E-state index >= 15 is 0 Å². The summed E-state index contributed by atoms with van der Waals surface area (Å²) >= 11 is 6.48. The molecule has 2 heterocycles. The zero-order valence-corrected chi connectivity index (χ0v) is 15.7. The number of methoxy groups -OCH3 is 1. The van der Waals surface area contributed by atoms with Crippen molar-refractivity contribution in [2.24, 2.45) is 0 Å². The van der Waals surface area contributed by atoms with E-state index in [1.807, 2.05) is 6.92 Å². The van der Waals surface area contributed by atoms with E-state index in [0.717, 1.165) is 16.9 Å². The average molecular weight is 366 g/mol. The molecule has 0 saturated heterocycles. The number of rotatable bonds is 3. The number of amides is 1. The van der Waals surface area contributed by atoms with Gasteiger partial charge in [0.1, 0.15) is 5.00 Å². The number of ether oxygens (including phenoxy) is 1. The van der Waals surface area contributed by atoms with Crippen LogP contribution in [0.5, 0.6) is 0 Å². The Labute approximate surface area is 149 Å². The highest BCUT2D eigenvalue weighted by Gasteiger charge is 2.26. The number of carbonyl (C=O) groups is 2. The molecule has 0 aliphatic carbocycles. The van der Waals surface area contributed by atoms with Crippen molar-refractivity contribution < 1.29 is 14.3 Å². The summed E-state index contributed by atoms with van der Waals surface area (Å²) in [6, 6.07) is 0. The van der Waals surface area contributed by atoms with Gasteiger partial charge in [-0.1, -0.05) is 0 Å². The maximum Gasteiger partial charge on any atom is 0.341 e. The van der Waals surface area contributed by atoms with Crippen molar-refractivity contribution in [3.63, 3.8) is 0 Å². The van der Waals surface area contributed by atoms with Gasteiger partial charge in [0.2, 0.25) is 0 Å². The smallest absolute Gasteiger partial charge is 0.341 e. The molecule has 7 nitrogen and oxygen atoms in total. The Hall–Kier alpha value is -2.26. The molecule has 0 atom stereocenters. The predicted molar refractivity (Wildman–Crippen MR) is 97.0 cm³/mol. The third kappa shape index (κ3) is 3.46. The molecule has 0 spiro atoms. The summed E-state index contributed by atoms with van der Waals surface area (Å²) in [6.45, 7) is 3.61. The zero-order valence-electron chi connectivity index (χ0n) is 14.0. The first-order valence-corrected chi connectivity index (χ1v) is 8.24. The summed E-state index contributed by atoms with van der Waals surface area (Å²) in [6.07, 6.45) is 3.44. The number of hydrogen-bond donors (Lipinski definition) is 1. The molecular formula is C15H18N4O3S2. The van der Waals surface area contributed by atoms with E-state index in [0.29, 0.717) is 26.1 Å². The van der Waals surface area contributed by atoms with Gasteiger partial charge in [0.05, 0.1) is 23.7 Å². The maximum atomic E-state index is 12.3. The first-order valence-electron chi connectivity index (χ1n) is 7.02. The van der Waals surface area contributed by atoms with Crippen LogP contribution in [0.2, 0.25) is 0 Å². The molecule has 0 radical (unpaired) electrons. The predicted octanol–water partition coefficient (Wildman–Crippen LogP) is 2.29. The van der Waals surface area contributed by atoms with Gasteiger partial charge in [-0.05, 0) is 37.2 Å². The van der Waals surface area contributed by atoms with Crippen LogP contribution in [0.15, 0.2) is 12.4 Å². The summed E-state index contributed by atoms with van der Waals surface area (Å²) in [7, 11) is 4.61. The minimum absolute atomic E-state index is 0.184. The van der Waals surface area contributed by atoms with Crippen LogP contribution in [0.1, 0.15) is 31.2 Å². The van der Waals surface area contributed by atoms with Crippen LogP contribution >= 0.6 is 23.6 Å². The van der Waals surface area contributed by atoms with Gasteiger partial charge < -0.3 is 15.0 Å². The van der Waals surface area contributed by atoms with Crippen molar-refractivity contribution in [1.29, 1.82) is 0 Å². The zero-order chi connectivity index (χ0) is 18.0. The number of thiophene rings is 1. The number of anilines is 1. The lowest BCUT2D eigenvalue weighted by molar-refractivity contribution is 0.0601. The van der Waals surface area contributed by atoms with Crippen molar-refractivity contribution in [2.75, 3.05) is 26.5 Å². The second-order valence-electron chi connectivity index (χ2n) is 5.34. The highest BCUT2D eigenvalue weighted by atomic mass is 32.1. The molecule has 9 heteroatoms. The summed E-state index contributed by atoms with van der Waals surface area (Å²) in [5, 5.41) is 7.88. The summed E-state index contributed by atoms with van der Waals surface area (Å²) in [5.41, 5.74) is 1.82. The minimum Gasteiger partial charge on any atom is -0.465 e. The Morgan fingerprint density at radius 1 is 1.38 bits per heavy atom. The molecule has 1 amide bonds. The Bertz CT molecular complexity index is 808. The van der Waals surface area contributed by atoms with E-state index in [2.05, 4.69) is 10.4 Å². The van der Waals surface area contributed by atoms with Crippen LogP contribution in [-0.4, -0.2) is 52.9 Å². The number of esters is 1. The molecule has 2 aromatic heterocycles. The number of hydrogen-bond acceptors (Lipinski definition) is 6. The molecule has 0 unspecified atom stereocenters. The quantitative estimate of drug-likeness (QED) is 0.663. The Morgan fingerprint density at radius 2 is 2.04 bits per heavy atom. The molecule has 128 valence electrons. The van der Waals surface area contributed by atoms with E-state index in [1.54, 1.807) is 33.4 Å². The van der Waals surface area contributed by atoms with Crippen LogP contribution in [-0.2, 0) is 4.74 Å². The fraction of sp³-hybridized carbons (Fsp3) is 0.333. The lowest BCUT2D eigenvalue weighted by atomic mass is 10.1. The SMILES string of the molecule is COC(=O)c1c(NC(=S)n2cc(C)cn2)sc(C(=O)N(C)C)c1C. The lowest BCUT2D eigenvalue weighted by Crippen LogP contribution is -2.21. The fourth-order valence-corrected chi connectivity index (χ4v) is 3.52. The molecule has 1 N–H and O–H groups in total. The Morgan fingerprint density at radius 3 is 2.54 bits per heavy atom. The van der Waals surface area contributed by atoms with Crippen LogP contribution in [0.4, 0.5) is 5.00 Å². The summed E-state index contributed by atoms with van der Waals surface area (Å²) < 4.78 is 6.33. The number of thiocarbonyl (C=S) groups is 1. The van der Waals surface area contributed by atoms with Gasteiger partial charge in [-0.3, -0.25) is 4.79 Å². The van der Waals surface area contributed by atoms with Gasteiger partial charge in [0.25, 0.3) is 5.91 Å². The van der Waals surface area contributed by atoms with Crippen molar-refractivity contribution in [3.05, 3.63) is 34.0 Å². The van der Waals surface area contributed by atoms with Gasteiger partial charge in [0, 0.05) is 20.3 Å². The molecule has 2 rings (SSSR count). The summed E-state index contributed by atoms with van der Waals surface area (Å²) in [5.74, 6) is -0.708. The van der Waals surface area contributed by atoms with Crippen molar-refractivity contribution in [3.8, 4) is 0 Å². The average Bonchev–Trinajstić information content (AvgIpc) is 3.09. The minimum atomic E-state index is -0.525. The number of carbonyl (C=O) groups excluding carboxylic acids is 2. The number of aromatic nitrogens is 2. The second-order valence-corrected chi connectivity index (χ2v) is 6.75. The molecule has 24 heavy (non-hydrogen) atoms. The lowest BCUT2D eigenvalue weighted by Gasteiger charge is -2.08. The Kier molecular flexibility index (Phi) is 5.35. The highest BCUT2D eigenvalue weighted by Crippen LogP contribution is 2.34. The molecule has 0 aromatic carbocycles. The number of aryl methyl sites for hydroxylation is 1.